The first-order valence-electron chi connectivity index (χ1n) is 8.73. The predicted molar refractivity (Wildman–Crippen MR) is 108 cm³/mol. The molecule has 0 radical (unpaired) electrons. The molecule has 2 heterocycles. The van der Waals surface area contributed by atoms with E-state index in [0.29, 0.717) is 28.3 Å². The number of aromatic nitrogens is 3. The summed E-state index contributed by atoms with van der Waals surface area (Å²) in [5.74, 6) is -0.937. The summed E-state index contributed by atoms with van der Waals surface area (Å²) in [4.78, 5) is 17.1. The van der Waals surface area contributed by atoms with Crippen molar-refractivity contribution in [1.82, 2.24) is 14.7 Å². The Morgan fingerprint density at radius 2 is 2.14 bits per heavy atom. The van der Waals surface area contributed by atoms with Crippen LogP contribution in [-0.4, -0.2) is 25.8 Å². The second kappa shape index (κ2) is 7.53. The third-order valence-corrected chi connectivity index (χ3v) is 5.96. The average molecular weight is 432 g/mol. The fourth-order valence-electron chi connectivity index (χ4n) is 3.08. The molecular formula is C20H15ClFN3O3S. The van der Waals surface area contributed by atoms with Gasteiger partial charge in [0, 0.05) is 27.3 Å². The van der Waals surface area contributed by atoms with E-state index >= 15 is 4.39 Å². The summed E-state index contributed by atoms with van der Waals surface area (Å²) in [5, 5.41) is 13.8. The lowest BCUT2D eigenvalue weighted by Gasteiger charge is -2.05. The zero-order valence-corrected chi connectivity index (χ0v) is 17.0. The summed E-state index contributed by atoms with van der Waals surface area (Å²) in [5.41, 5.74) is 1.11. The molecule has 0 aliphatic rings. The summed E-state index contributed by atoms with van der Waals surface area (Å²) in [6.07, 6.45) is 0.554. The van der Waals surface area contributed by atoms with E-state index in [1.54, 1.807) is 28.8 Å². The molecule has 6 nitrogen and oxygen atoms in total. The Labute approximate surface area is 174 Å². The molecule has 148 valence electrons. The third-order valence-electron chi connectivity index (χ3n) is 4.46. The number of rotatable bonds is 5. The summed E-state index contributed by atoms with van der Waals surface area (Å²) >= 11 is 7.37. The Morgan fingerprint density at radius 3 is 2.83 bits per heavy atom. The molecule has 2 aromatic carbocycles. The molecule has 0 spiro atoms. The summed E-state index contributed by atoms with van der Waals surface area (Å²) in [6.45, 7) is 3.70. The topological polar surface area (TPSA) is 81.2 Å². The Balaban J connectivity index is 1.93. The number of aromatic carboxylic acids is 1. The Kier molecular flexibility index (Phi) is 5.06. The molecule has 0 aliphatic carbocycles. The van der Waals surface area contributed by atoms with Crippen molar-refractivity contribution in [2.75, 3.05) is 0 Å². The standard InChI is InChI=1S/C20H15ClFN3O3S/c1-3-15-23-20(24-28-15)25-10(2)18(13-7-8-14(21)16(22)17(13)25)29-12-6-4-5-11(9-12)19(26)27/h4-9H,3H2,1-2H3,(H,26,27). The van der Waals surface area contributed by atoms with Crippen molar-refractivity contribution >= 4 is 40.2 Å². The first-order chi connectivity index (χ1) is 13.9. The van der Waals surface area contributed by atoms with Gasteiger partial charge in [-0.05, 0) is 42.4 Å². The number of benzene rings is 2. The van der Waals surface area contributed by atoms with Gasteiger partial charge in [0.05, 0.1) is 16.1 Å². The molecule has 0 amide bonds. The number of halogens is 2. The van der Waals surface area contributed by atoms with Crippen molar-refractivity contribution in [2.45, 2.75) is 30.1 Å². The van der Waals surface area contributed by atoms with Gasteiger partial charge >= 0.3 is 5.97 Å². The highest BCUT2D eigenvalue weighted by Crippen LogP contribution is 2.41. The third kappa shape index (κ3) is 3.38. The van der Waals surface area contributed by atoms with Crippen molar-refractivity contribution in [1.29, 1.82) is 0 Å². The van der Waals surface area contributed by atoms with Crippen LogP contribution in [0.25, 0.3) is 16.9 Å². The van der Waals surface area contributed by atoms with Crippen LogP contribution in [0.1, 0.15) is 28.9 Å². The Morgan fingerprint density at radius 1 is 1.34 bits per heavy atom. The van der Waals surface area contributed by atoms with Gasteiger partial charge in [-0.1, -0.05) is 36.4 Å². The second-order valence-corrected chi connectivity index (χ2v) is 7.78. The van der Waals surface area contributed by atoms with Crippen molar-refractivity contribution < 1.29 is 18.8 Å². The highest BCUT2D eigenvalue weighted by atomic mass is 35.5. The molecule has 29 heavy (non-hydrogen) atoms. The average Bonchev–Trinajstić information content (AvgIpc) is 3.28. The zero-order valence-electron chi connectivity index (χ0n) is 15.4. The van der Waals surface area contributed by atoms with Gasteiger partial charge < -0.3 is 9.63 Å². The van der Waals surface area contributed by atoms with Crippen LogP contribution in [-0.2, 0) is 6.42 Å². The molecule has 0 fully saturated rings. The van der Waals surface area contributed by atoms with Gasteiger partial charge in [0.25, 0.3) is 5.95 Å². The lowest BCUT2D eigenvalue weighted by molar-refractivity contribution is 0.0696. The van der Waals surface area contributed by atoms with Gasteiger partial charge in [-0.3, -0.25) is 4.57 Å². The molecule has 4 aromatic rings. The molecule has 0 saturated heterocycles. The molecule has 0 atom stereocenters. The maximum atomic E-state index is 15.0. The van der Waals surface area contributed by atoms with E-state index in [0.717, 1.165) is 4.90 Å². The first kappa shape index (κ1) is 19.5. The van der Waals surface area contributed by atoms with Gasteiger partial charge in [0.2, 0.25) is 5.89 Å². The van der Waals surface area contributed by atoms with Crippen LogP contribution in [0.3, 0.4) is 0 Å². The maximum Gasteiger partial charge on any atom is 0.335 e. The van der Waals surface area contributed by atoms with Crippen LogP contribution in [0.4, 0.5) is 4.39 Å². The highest BCUT2D eigenvalue weighted by Gasteiger charge is 2.23. The van der Waals surface area contributed by atoms with E-state index in [9.17, 15) is 9.90 Å². The first-order valence-corrected chi connectivity index (χ1v) is 9.93. The number of carbonyl (C=O) groups is 1. The Hall–Kier alpha value is -2.84. The van der Waals surface area contributed by atoms with E-state index in [1.165, 1.54) is 23.9 Å². The van der Waals surface area contributed by atoms with E-state index in [-0.39, 0.29) is 22.1 Å². The van der Waals surface area contributed by atoms with Gasteiger partial charge in [0.15, 0.2) is 5.82 Å². The van der Waals surface area contributed by atoms with Crippen LogP contribution in [0, 0.1) is 12.7 Å². The fraction of sp³-hybridized carbons (Fsp3) is 0.150. The van der Waals surface area contributed by atoms with Crippen LogP contribution in [0.5, 0.6) is 0 Å². The van der Waals surface area contributed by atoms with E-state index in [4.69, 9.17) is 16.1 Å². The molecule has 1 N–H and O–H groups in total. The number of hydrogen-bond acceptors (Lipinski definition) is 5. The largest absolute Gasteiger partial charge is 0.478 e. The smallest absolute Gasteiger partial charge is 0.335 e. The fourth-order valence-corrected chi connectivity index (χ4v) is 4.31. The number of aryl methyl sites for hydroxylation is 1. The van der Waals surface area contributed by atoms with E-state index < -0.39 is 11.8 Å². The summed E-state index contributed by atoms with van der Waals surface area (Å²) < 4.78 is 21.8. The predicted octanol–water partition coefficient (Wildman–Crippen LogP) is 5.53. The second-order valence-electron chi connectivity index (χ2n) is 6.28. The van der Waals surface area contributed by atoms with Crippen LogP contribution >= 0.6 is 23.4 Å². The van der Waals surface area contributed by atoms with Gasteiger partial charge in [0.1, 0.15) is 0 Å². The normalized spacial score (nSPS) is 11.3. The van der Waals surface area contributed by atoms with Gasteiger partial charge in [-0.25, -0.2) is 9.18 Å². The highest BCUT2D eigenvalue weighted by molar-refractivity contribution is 7.99. The molecule has 0 saturated carbocycles. The van der Waals surface area contributed by atoms with E-state index in [1.807, 2.05) is 13.8 Å². The number of fused-ring (bicyclic) bond motifs is 1. The zero-order chi connectivity index (χ0) is 20.7. The molecule has 0 bridgehead atoms. The van der Waals surface area contributed by atoms with Gasteiger partial charge in [-0.15, -0.1) is 0 Å². The number of carboxylic acids is 1. The number of nitrogens with zero attached hydrogens (tertiary/aromatic N) is 3. The lowest BCUT2D eigenvalue weighted by Crippen LogP contribution is -2.01. The van der Waals surface area contributed by atoms with Crippen molar-refractivity contribution in [3.8, 4) is 5.95 Å². The Bertz CT molecular complexity index is 1250. The summed E-state index contributed by atoms with van der Waals surface area (Å²) in [7, 11) is 0. The SMILES string of the molecule is CCc1nc(-n2c(C)c(Sc3cccc(C(=O)O)c3)c3ccc(Cl)c(F)c32)no1. The quantitative estimate of drug-likeness (QED) is 0.447. The summed E-state index contributed by atoms with van der Waals surface area (Å²) in [6, 6.07) is 9.79. The van der Waals surface area contributed by atoms with Crippen LogP contribution < -0.4 is 0 Å². The molecule has 4 rings (SSSR count). The van der Waals surface area contributed by atoms with Crippen molar-refractivity contribution in [3.63, 3.8) is 0 Å². The molecule has 0 unspecified atom stereocenters. The van der Waals surface area contributed by atoms with Crippen molar-refractivity contribution in [2.24, 2.45) is 0 Å². The van der Waals surface area contributed by atoms with Crippen LogP contribution in [0.2, 0.25) is 5.02 Å². The monoisotopic (exact) mass is 431 g/mol. The molecule has 9 heteroatoms. The minimum Gasteiger partial charge on any atom is -0.478 e. The van der Waals surface area contributed by atoms with E-state index in [2.05, 4.69) is 10.1 Å². The minimum atomic E-state index is -1.01. The molecule has 2 aromatic heterocycles. The molecule has 0 aliphatic heterocycles. The number of hydrogen-bond donors (Lipinski definition) is 1. The maximum absolute atomic E-state index is 15.0. The van der Waals surface area contributed by atoms with Crippen LogP contribution in [0.15, 0.2) is 50.7 Å². The lowest BCUT2D eigenvalue weighted by atomic mass is 10.2. The van der Waals surface area contributed by atoms with Crippen molar-refractivity contribution in [3.05, 3.63) is 64.4 Å². The van der Waals surface area contributed by atoms with Gasteiger partial charge in [-0.2, -0.15) is 4.98 Å². The number of carboxylic acid groups (broad SMARTS) is 1. The minimum absolute atomic E-state index is 0.0140. The molecular weight excluding hydrogens is 417 g/mol.